The van der Waals surface area contributed by atoms with Crippen LogP contribution in [0.3, 0.4) is 0 Å². The van der Waals surface area contributed by atoms with Crippen molar-refractivity contribution >= 4 is 18.4 Å². The lowest BCUT2D eigenvalue weighted by atomic mass is 9.53. The number of nitrogens with one attached hydrogen (secondary N) is 3. The molecule has 4 aliphatic carbocycles. The molecule has 4 nitrogen and oxygen atoms in total. The Hall–Kier alpha value is -0.480. The number of rotatable bonds is 2. The summed E-state index contributed by atoms with van der Waals surface area (Å²) < 4.78 is 0. The first-order chi connectivity index (χ1) is 9.71. The van der Waals surface area contributed by atoms with E-state index in [2.05, 4.69) is 16.0 Å². The average Bonchev–Trinajstić information content (AvgIpc) is 2.37. The maximum absolute atomic E-state index is 12.4. The van der Waals surface area contributed by atoms with Crippen LogP contribution in [0.5, 0.6) is 0 Å². The van der Waals surface area contributed by atoms with Gasteiger partial charge in [-0.25, -0.2) is 4.79 Å². The Morgan fingerprint density at radius 3 is 2.00 bits per heavy atom. The topological polar surface area (TPSA) is 53.2 Å². The number of amides is 2. The minimum atomic E-state index is 0. The van der Waals surface area contributed by atoms with Gasteiger partial charge in [0.05, 0.1) is 0 Å². The van der Waals surface area contributed by atoms with Crippen molar-refractivity contribution in [1.29, 1.82) is 0 Å². The van der Waals surface area contributed by atoms with Gasteiger partial charge in [0, 0.05) is 11.6 Å². The zero-order valence-electron chi connectivity index (χ0n) is 12.7. The molecule has 3 N–H and O–H groups in total. The quantitative estimate of drug-likeness (QED) is 0.733. The van der Waals surface area contributed by atoms with Gasteiger partial charge < -0.3 is 16.0 Å². The first-order valence-corrected chi connectivity index (χ1v) is 8.50. The number of carbonyl (C=O) groups is 1. The van der Waals surface area contributed by atoms with Crippen LogP contribution in [0.15, 0.2) is 0 Å². The average molecular weight is 314 g/mol. The molecule has 0 aromatic rings. The van der Waals surface area contributed by atoms with Crippen LogP contribution in [0.1, 0.15) is 51.4 Å². The van der Waals surface area contributed by atoms with E-state index in [-0.39, 0.29) is 24.0 Å². The van der Waals surface area contributed by atoms with Gasteiger partial charge in [0.1, 0.15) is 0 Å². The fraction of sp³-hybridized carbons (Fsp3) is 0.938. The van der Waals surface area contributed by atoms with Gasteiger partial charge in [-0.2, -0.15) is 0 Å². The SMILES string of the molecule is Cl.O=C(NC1CCNCC1)NC12CC3CC(CC(C3)C1)C2. The maximum Gasteiger partial charge on any atom is 0.315 e. The maximum atomic E-state index is 12.4. The number of hydrogen-bond donors (Lipinski definition) is 3. The molecule has 120 valence electrons. The zero-order valence-corrected chi connectivity index (χ0v) is 13.5. The van der Waals surface area contributed by atoms with Crippen molar-refractivity contribution in [2.45, 2.75) is 62.9 Å². The summed E-state index contributed by atoms with van der Waals surface area (Å²) in [4.78, 5) is 12.4. The molecule has 0 spiro atoms. The molecular formula is C16H28ClN3O. The van der Waals surface area contributed by atoms with Crippen molar-refractivity contribution in [3.05, 3.63) is 0 Å². The highest BCUT2D eigenvalue weighted by atomic mass is 35.5. The van der Waals surface area contributed by atoms with Crippen LogP contribution in [0.2, 0.25) is 0 Å². The molecular weight excluding hydrogens is 286 g/mol. The smallest absolute Gasteiger partial charge is 0.315 e. The van der Waals surface area contributed by atoms with Gasteiger partial charge in [-0.3, -0.25) is 0 Å². The normalized spacial score (nSPS) is 41.4. The van der Waals surface area contributed by atoms with Gasteiger partial charge in [0.25, 0.3) is 0 Å². The van der Waals surface area contributed by atoms with Crippen LogP contribution in [0.4, 0.5) is 4.79 Å². The van der Waals surface area contributed by atoms with E-state index in [1.165, 1.54) is 38.5 Å². The van der Waals surface area contributed by atoms with Crippen molar-refractivity contribution in [2.75, 3.05) is 13.1 Å². The van der Waals surface area contributed by atoms with Crippen LogP contribution in [0.25, 0.3) is 0 Å². The van der Waals surface area contributed by atoms with Crippen LogP contribution in [-0.2, 0) is 0 Å². The third kappa shape index (κ3) is 3.16. The fourth-order valence-electron chi connectivity index (χ4n) is 5.69. The van der Waals surface area contributed by atoms with Crippen molar-refractivity contribution in [3.8, 4) is 0 Å². The molecule has 1 aliphatic heterocycles. The molecule has 0 unspecified atom stereocenters. The first kappa shape index (κ1) is 15.4. The fourth-order valence-corrected chi connectivity index (χ4v) is 5.69. The molecule has 1 saturated heterocycles. The van der Waals surface area contributed by atoms with Crippen LogP contribution in [-0.4, -0.2) is 30.7 Å². The second-order valence-electron chi connectivity index (χ2n) is 7.82. The number of halogens is 1. The first-order valence-electron chi connectivity index (χ1n) is 8.50. The van der Waals surface area contributed by atoms with Gasteiger partial charge in [-0.1, -0.05) is 0 Å². The summed E-state index contributed by atoms with van der Waals surface area (Å²) in [6.45, 7) is 2.06. The van der Waals surface area contributed by atoms with Gasteiger partial charge in [0.2, 0.25) is 0 Å². The van der Waals surface area contributed by atoms with Crippen molar-refractivity contribution in [1.82, 2.24) is 16.0 Å². The second kappa shape index (κ2) is 5.96. The Balaban J connectivity index is 0.00000132. The summed E-state index contributed by atoms with van der Waals surface area (Å²) in [6, 6.07) is 0.462. The second-order valence-corrected chi connectivity index (χ2v) is 7.82. The molecule has 5 fully saturated rings. The van der Waals surface area contributed by atoms with E-state index >= 15 is 0 Å². The summed E-state index contributed by atoms with van der Waals surface area (Å²) in [5.41, 5.74) is 0.145. The van der Waals surface area contributed by atoms with Crippen LogP contribution >= 0.6 is 12.4 Å². The number of piperidine rings is 1. The van der Waals surface area contributed by atoms with Crippen LogP contribution in [0, 0.1) is 17.8 Å². The standard InChI is InChI=1S/C16H27N3O.ClH/c20-15(18-14-1-3-17-4-2-14)19-16-8-11-5-12(9-16)7-13(6-11)10-16;/h11-14,17H,1-10H2,(H2,18,19,20);1H. The molecule has 0 atom stereocenters. The predicted molar refractivity (Wildman–Crippen MR) is 85.7 cm³/mol. The summed E-state index contributed by atoms with van der Waals surface area (Å²) in [6.07, 6.45) is 10.1. The summed E-state index contributed by atoms with van der Waals surface area (Å²) in [5.74, 6) is 2.67. The molecule has 0 aromatic carbocycles. The van der Waals surface area contributed by atoms with Crippen molar-refractivity contribution in [2.24, 2.45) is 17.8 Å². The Kier molecular flexibility index (Phi) is 4.37. The molecule has 5 rings (SSSR count). The molecule has 21 heavy (non-hydrogen) atoms. The molecule has 0 aromatic heterocycles. The van der Waals surface area contributed by atoms with Gasteiger partial charge >= 0.3 is 6.03 Å². The molecule has 2 amide bonds. The number of urea groups is 1. The number of hydrogen-bond acceptors (Lipinski definition) is 2. The molecule has 0 radical (unpaired) electrons. The molecule has 4 saturated carbocycles. The lowest BCUT2D eigenvalue weighted by molar-refractivity contribution is -0.0137. The Morgan fingerprint density at radius 2 is 1.48 bits per heavy atom. The van der Waals surface area contributed by atoms with E-state index in [0.717, 1.165) is 43.7 Å². The van der Waals surface area contributed by atoms with E-state index < -0.39 is 0 Å². The van der Waals surface area contributed by atoms with E-state index in [9.17, 15) is 4.79 Å². The summed E-state index contributed by atoms with van der Waals surface area (Å²) in [5, 5.41) is 9.95. The zero-order chi connectivity index (χ0) is 13.6. The van der Waals surface area contributed by atoms with Crippen molar-refractivity contribution in [3.63, 3.8) is 0 Å². The highest BCUT2D eigenvalue weighted by molar-refractivity contribution is 5.85. The molecule has 5 aliphatic rings. The number of carbonyl (C=O) groups excluding carboxylic acids is 1. The lowest BCUT2D eigenvalue weighted by Crippen LogP contribution is -2.62. The minimum absolute atomic E-state index is 0. The van der Waals surface area contributed by atoms with E-state index in [4.69, 9.17) is 0 Å². The lowest BCUT2D eigenvalue weighted by Gasteiger charge is -2.56. The minimum Gasteiger partial charge on any atom is -0.335 e. The Labute approximate surface area is 133 Å². The highest BCUT2D eigenvalue weighted by Gasteiger charge is 2.51. The predicted octanol–water partition coefficient (Wildman–Crippen LogP) is 2.43. The Bertz CT molecular complexity index is 360. The van der Waals surface area contributed by atoms with Crippen LogP contribution < -0.4 is 16.0 Å². The van der Waals surface area contributed by atoms with Gasteiger partial charge in [0.15, 0.2) is 0 Å². The molecule has 5 heteroatoms. The third-order valence-electron chi connectivity index (χ3n) is 6.09. The van der Waals surface area contributed by atoms with Gasteiger partial charge in [-0.05, 0) is 82.2 Å². The summed E-state index contributed by atoms with van der Waals surface area (Å²) in [7, 11) is 0. The monoisotopic (exact) mass is 313 g/mol. The van der Waals surface area contributed by atoms with E-state index in [1.807, 2.05) is 0 Å². The van der Waals surface area contributed by atoms with Gasteiger partial charge in [-0.15, -0.1) is 12.4 Å². The Morgan fingerprint density at radius 1 is 0.952 bits per heavy atom. The van der Waals surface area contributed by atoms with E-state index in [0.29, 0.717) is 6.04 Å². The summed E-state index contributed by atoms with van der Waals surface area (Å²) >= 11 is 0. The van der Waals surface area contributed by atoms with Crippen molar-refractivity contribution < 1.29 is 4.79 Å². The molecule has 4 bridgehead atoms. The highest BCUT2D eigenvalue weighted by Crippen LogP contribution is 2.55. The van der Waals surface area contributed by atoms with E-state index in [1.54, 1.807) is 0 Å². The molecule has 1 heterocycles. The third-order valence-corrected chi connectivity index (χ3v) is 6.09. The largest absolute Gasteiger partial charge is 0.335 e.